The van der Waals surface area contributed by atoms with Gasteiger partial charge in [-0.2, -0.15) is 4.37 Å². The molecule has 0 amide bonds. The van der Waals surface area contributed by atoms with Crippen LogP contribution >= 0.6 is 23.1 Å². The number of rotatable bonds is 7. The summed E-state index contributed by atoms with van der Waals surface area (Å²) in [6, 6.07) is 8.96. The molecule has 0 aliphatic carbocycles. The summed E-state index contributed by atoms with van der Waals surface area (Å²) in [6.07, 6.45) is 2.04. The Morgan fingerprint density at radius 1 is 1.24 bits per heavy atom. The number of nitrogens with one attached hydrogen (secondary N) is 1. The van der Waals surface area contributed by atoms with Crippen molar-refractivity contribution in [2.24, 2.45) is 5.92 Å². The first-order valence-corrected chi connectivity index (χ1v) is 12.7. The van der Waals surface area contributed by atoms with Gasteiger partial charge >= 0.3 is 0 Å². The van der Waals surface area contributed by atoms with Gasteiger partial charge in [0.1, 0.15) is 17.0 Å². The van der Waals surface area contributed by atoms with E-state index in [0.717, 1.165) is 40.4 Å². The minimum absolute atomic E-state index is 0.00864. The van der Waals surface area contributed by atoms with Crippen LogP contribution in [0.15, 0.2) is 47.6 Å². The molecule has 12 heteroatoms. The lowest BCUT2D eigenvalue weighted by molar-refractivity contribution is 0.190. The molecule has 2 atom stereocenters. The zero-order chi connectivity index (χ0) is 23.6. The van der Waals surface area contributed by atoms with Gasteiger partial charge in [-0.1, -0.05) is 23.7 Å². The Bertz CT molecular complexity index is 1210. The summed E-state index contributed by atoms with van der Waals surface area (Å²) in [5, 5.41) is 3.97. The highest BCUT2D eigenvalue weighted by Crippen LogP contribution is 2.33. The van der Waals surface area contributed by atoms with E-state index < -0.39 is 26.6 Å². The molecule has 0 bridgehead atoms. The predicted molar refractivity (Wildman–Crippen MR) is 123 cm³/mol. The second-order valence-corrected chi connectivity index (χ2v) is 10.8. The van der Waals surface area contributed by atoms with Crippen molar-refractivity contribution in [2.45, 2.75) is 17.2 Å². The average Bonchev–Trinajstić information content (AvgIpc) is 3.34. The van der Waals surface area contributed by atoms with Crippen molar-refractivity contribution in [1.29, 1.82) is 0 Å². The van der Waals surface area contributed by atoms with Crippen LogP contribution in [0.4, 0.5) is 13.9 Å². The van der Waals surface area contributed by atoms with Crippen LogP contribution in [0, 0.1) is 17.6 Å². The quantitative estimate of drug-likeness (QED) is 0.512. The van der Waals surface area contributed by atoms with Gasteiger partial charge in [-0.25, -0.2) is 26.5 Å². The first-order chi connectivity index (χ1) is 15.8. The lowest BCUT2D eigenvalue weighted by Gasteiger charge is -2.32. The van der Waals surface area contributed by atoms with E-state index in [2.05, 4.69) is 14.7 Å². The van der Waals surface area contributed by atoms with Crippen LogP contribution in [0.2, 0.25) is 5.02 Å². The largest absolute Gasteiger partial charge is 0.490 e. The van der Waals surface area contributed by atoms with Crippen LogP contribution < -0.4 is 14.4 Å². The highest BCUT2D eigenvalue weighted by atomic mass is 35.5. The average molecular weight is 515 g/mol. The van der Waals surface area contributed by atoms with Crippen molar-refractivity contribution < 1.29 is 21.9 Å². The second-order valence-electron chi connectivity index (χ2n) is 7.63. The minimum atomic E-state index is -4.37. The highest BCUT2D eigenvalue weighted by Gasteiger charge is 2.30. The number of ether oxygens (including phenoxy) is 1. The Balaban J connectivity index is 1.52. The van der Waals surface area contributed by atoms with E-state index in [9.17, 15) is 17.2 Å². The first-order valence-electron chi connectivity index (χ1n) is 10.1. The van der Waals surface area contributed by atoms with Crippen molar-refractivity contribution in [3.05, 3.63) is 64.9 Å². The zero-order valence-corrected chi connectivity index (χ0v) is 19.9. The van der Waals surface area contributed by atoms with Gasteiger partial charge in [-0.15, -0.1) is 0 Å². The number of benzene rings is 2. The molecule has 7 nitrogen and oxygen atoms in total. The fourth-order valence-electron chi connectivity index (χ4n) is 3.82. The maximum absolute atomic E-state index is 14.8. The molecular weight excluding hydrogens is 494 g/mol. The van der Waals surface area contributed by atoms with Crippen molar-refractivity contribution in [1.82, 2.24) is 14.7 Å². The van der Waals surface area contributed by atoms with E-state index >= 15 is 0 Å². The van der Waals surface area contributed by atoms with Gasteiger partial charge in [0.25, 0.3) is 10.0 Å². The normalized spacial score (nSPS) is 18.8. The summed E-state index contributed by atoms with van der Waals surface area (Å²) in [5.74, 6) is -2.25. The third-order valence-corrected chi connectivity index (χ3v) is 8.48. The molecule has 4 rings (SSSR count). The fourth-order valence-corrected chi connectivity index (χ4v) is 5.84. The molecule has 2 heterocycles. The van der Waals surface area contributed by atoms with E-state index in [4.69, 9.17) is 16.3 Å². The Morgan fingerprint density at radius 3 is 2.70 bits per heavy atom. The third-order valence-electron chi connectivity index (χ3n) is 5.60. The molecule has 2 aromatic carbocycles. The van der Waals surface area contributed by atoms with Crippen LogP contribution in [0.5, 0.6) is 5.75 Å². The van der Waals surface area contributed by atoms with Gasteiger partial charge in [0.15, 0.2) is 11.6 Å². The van der Waals surface area contributed by atoms with E-state index in [-0.39, 0.29) is 29.3 Å². The highest BCUT2D eigenvalue weighted by molar-refractivity contribution is 7.93. The van der Waals surface area contributed by atoms with Crippen molar-refractivity contribution >= 4 is 38.3 Å². The molecule has 33 heavy (non-hydrogen) atoms. The molecule has 1 unspecified atom stereocenters. The van der Waals surface area contributed by atoms with E-state index in [0.29, 0.717) is 17.6 Å². The topological polar surface area (TPSA) is 84.4 Å². The Kier molecular flexibility index (Phi) is 7.13. The number of hydrogen-bond donors (Lipinski definition) is 1. The molecule has 1 aliphatic heterocycles. The number of nitrogens with zero attached hydrogens (tertiary/aromatic N) is 3. The van der Waals surface area contributed by atoms with E-state index in [1.54, 1.807) is 0 Å². The molecule has 1 aliphatic rings. The van der Waals surface area contributed by atoms with Gasteiger partial charge in [0.2, 0.25) is 5.13 Å². The van der Waals surface area contributed by atoms with Crippen molar-refractivity contribution in [2.75, 3.05) is 31.0 Å². The van der Waals surface area contributed by atoms with Gasteiger partial charge < -0.3 is 10.1 Å². The van der Waals surface area contributed by atoms with Crippen molar-refractivity contribution in [3.63, 3.8) is 0 Å². The van der Waals surface area contributed by atoms with Crippen LogP contribution in [0.25, 0.3) is 0 Å². The Labute approximate surface area is 199 Å². The summed E-state index contributed by atoms with van der Waals surface area (Å²) in [4.78, 5) is 2.99. The smallest absolute Gasteiger partial charge is 0.268 e. The number of anilines is 1. The first kappa shape index (κ1) is 23.8. The second kappa shape index (κ2) is 9.88. The molecule has 1 saturated heterocycles. The minimum Gasteiger partial charge on any atom is -0.490 e. The maximum atomic E-state index is 14.8. The lowest BCUT2D eigenvalue weighted by atomic mass is 9.81. The van der Waals surface area contributed by atoms with Crippen LogP contribution in [0.3, 0.4) is 0 Å². The van der Waals surface area contributed by atoms with Crippen molar-refractivity contribution in [3.8, 4) is 5.75 Å². The molecular formula is C21H21ClF2N4O3S2. The summed E-state index contributed by atoms with van der Waals surface area (Å²) in [5.41, 5.74) is 1.10. The maximum Gasteiger partial charge on any atom is 0.268 e. The SMILES string of the molecule is CN(c1ncns1)S(=O)(=O)c1cc(F)c(OC[C@@H]2CNCCC2c2ccc(Cl)cc2)cc1F. The molecule has 3 aromatic rings. The van der Waals surface area contributed by atoms with Crippen LogP contribution in [-0.4, -0.2) is 44.5 Å². The standard InChI is InChI=1S/C21H21ClF2N4O3S2/c1-28(21-26-12-27-32-21)33(29,30)20-9-17(23)19(8-18(20)24)31-11-14-10-25-7-6-16(14)13-2-4-15(22)5-3-13/h2-5,8-9,12,14,16,25H,6-7,10-11H2,1H3/t14-,16?/m0/s1. The number of halogens is 3. The monoisotopic (exact) mass is 514 g/mol. The van der Waals surface area contributed by atoms with Gasteiger partial charge in [-0.05, 0) is 36.6 Å². The third kappa shape index (κ3) is 5.11. The fraction of sp³-hybridized carbons (Fsp3) is 0.333. The number of aromatic nitrogens is 2. The summed E-state index contributed by atoms with van der Waals surface area (Å²) >= 11 is 6.81. The van der Waals surface area contributed by atoms with Crippen LogP contribution in [-0.2, 0) is 10.0 Å². The van der Waals surface area contributed by atoms with Gasteiger partial charge in [0.05, 0.1) is 6.61 Å². The molecule has 1 fully saturated rings. The summed E-state index contributed by atoms with van der Waals surface area (Å²) in [6.45, 7) is 1.62. The summed E-state index contributed by atoms with van der Waals surface area (Å²) < 4.78 is 65.1. The molecule has 0 spiro atoms. The molecule has 176 valence electrons. The number of sulfonamides is 1. The van der Waals surface area contributed by atoms with E-state index in [1.807, 2.05) is 24.3 Å². The Morgan fingerprint density at radius 2 is 2.00 bits per heavy atom. The van der Waals surface area contributed by atoms with E-state index in [1.165, 1.54) is 13.4 Å². The lowest BCUT2D eigenvalue weighted by Crippen LogP contribution is -2.38. The number of piperidine rings is 1. The Hall–Kier alpha value is -2.34. The molecule has 0 saturated carbocycles. The zero-order valence-electron chi connectivity index (χ0n) is 17.5. The van der Waals surface area contributed by atoms with Crippen LogP contribution in [0.1, 0.15) is 17.9 Å². The summed E-state index contributed by atoms with van der Waals surface area (Å²) in [7, 11) is -3.17. The van der Waals surface area contributed by atoms with Gasteiger partial charge in [0, 0.05) is 48.2 Å². The van der Waals surface area contributed by atoms with Gasteiger partial charge in [-0.3, -0.25) is 0 Å². The molecule has 1 aromatic heterocycles. The molecule has 0 radical (unpaired) electrons. The molecule has 1 N–H and O–H groups in total. The predicted octanol–water partition coefficient (Wildman–Crippen LogP) is 4.07. The number of hydrogen-bond acceptors (Lipinski definition) is 7.